The molecule has 1 aromatic heterocycles. The van der Waals surface area contributed by atoms with Crippen LogP contribution in [0.4, 0.5) is 15.8 Å². The largest absolute Gasteiger partial charge is 0.356 e. The maximum atomic E-state index is 14.8. The van der Waals surface area contributed by atoms with Crippen LogP contribution >= 0.6 is 22.6 Å². The molecule has 0 atom stereocenters. The normalized spacial score (nSPS) is 15.1. The molecule has 5 rings (SSSR count). The number of rotatable bonds is 5. The predicted molar refractivity (Wildman–Crippen MR) is 146 cm³/mol. The molecule has 1 aliphatic carbocycles. The summed E-state index contributed by atoms with van der Waals surface area (Å²) in [7, 11) is 1.83. The fourth-order valence-electron chi connectivity index (χ4n) is 4.64. The zero-order valence-corrected chi connectivity index (χ0v) is 22.2. The molecule has 0 unspecified atom stereocenters. The van der Waals surface area contributed by atoms with E-state index in [-0.39, 0.29) is 17.6 Å². The first kappa shape index (κ1) is 24.3. The number of carbonyl (C=O) groups is 1. The Morgan fingerprint density at radius 1 is 1.14 bits per heavy atom. The van der Waals surface area contributed by atoms with E-state index in [1.807, 2.05) is 41.5 Å². The van der Waals surface area contributed by atoms with Crippen LogP contribution in [0.15, 0.2) is 52.1 Å². The van der Waals surface area contributed by atoms with Gasteiger partial charge >= 0.3 is 5.69 Å². The molecule has 186 valence electrons. The Bertz CT molecular complexity index is 1660. The van der Waals surface area contributed by atoms with Crippen LogP contribution in [0.1, 0.15) is 32.7 Å². The van der Waals surface area contributed by atoms with Crippen LogP contribution in [0.2, 0.25) is 0 Å². The Hall–Kier alpha value is -3.41. The average molecular weight is 601 g/mol. The summed E-state index contributed by atoms with van der Waals surface area (Å²) in [4.78, 5) is 41.1. The van der Waals surface area contributed by atoms with Crippen molar-refractivity contribution in [1.82, 2.24) is 14.0 Å². The second-order valence-electron chi connectivity index (χ2n) is 9.21. The molecule has 1 amide bonds. The molecule has 1 fully saturated rings. The molecule has 1 saturated carbocycles. The van der Waals surface area contributed by atoms with Crippen molar-refractivity contribution >= 4 is 51.3 Å². The molecule has 3 aromatic rings. The van der Waals surface area contributed by atoms with Crippen molar-refractivity contribution in [2.45, 2.75) is 32.7 Å². The highest BCUT2D eigenvalue weighted by Crippen LogP contribution is 2.32. The first-order chi connectivity index (χ1) is 17.2. The van der Waals surface area contributed by atoms with E-state index >= 15 is 0 Å². The fraction of sp³-hybridized carbons (Fsp3) is 0.269. The maximum absolute atomic E-state index is 14.8. The van der Waals surface area contributed by atoms with Crippen LogP contribution in [0, 0.1) is 9.39 Å². The van der Waals surface area contributed by atoms with Gasteiger partial charge < -0.3 is 15.5 Å². The van der Waals surface area contributed by atoms with Gasteiger partial charge in [-0.1, -0.05) is 6.07 Å². The molecule has 10 heteroatoms. The number of nitrogens with zero attached hydrogens (tertiary/aromatic N) is 3. The minimum Gasteiger partial charge on any atom is -0.356 e. The molecule has 2 N–H and O–H groups in total. The van der Waals surface area contributed by atoms with Crippen LogP contribution in [-0.2, 0) is 4.79 Å². The van der Waals surface area contributed by atoms with E-state index in [0.29, 0.717) is 34.3 Å². The number of fused-ring (bicyclic) bond motifs is 1. The Morgan fingerprint density at radius 3 is 2.56 bits per heavy atom. The highest BCUT2D eigenvalue weighted by Gasteiger charge is 2.31. The molecule has 1 aliphatic heterocycles. The van der Waals surface area contributed by atoms with E-state index in [1.165, 1.54) is 22.1 Å². The Morgan fingerprint density at radius 2 is 1.89 bits per heavy atom. The Kier molecular flexibility index (Phi) is 6.23. The van der Waals surface area contributed by atoms with Crippen molar-refractivity contribution in [3.63, 3.8) is 0 Å². The van der Waals surface area contributed by atoms with E-state index in [1.54, 1.807) is 36.4 Å². The van der Waals surface area contributed by atoms with Crippen molar-refractivity contribution in [3.8, 4) is 5.69 Å². The van der Waals surface area contributed by atoms with Crippen LogP contribution in [0.25, 0.3) is 17.1 Å². The maximum Gasteiger partial charge on any atom is 0.336 e. The number of amides is 1. The summed E-state index contributed by atoms with van der Waals surface area (Å²) >= 11 is 2.04. The van der Waals surface area contributed by atoms with Gasteiger partial charge in [-0.3, -0.25) is 18.7 Å². The van der Waals surface area contributed by atoms with Crippen LogP contribution in [0.5, 0.6) is 0 Å². The predicted octanol–water partition coefficient (Wildman–Crippen LogP) is 2.33. The molecule has 2 aromatic carbocycles. The van der Waals surface area contributed by atoms with Gasteiger partial charge in [0.05, 0.1) is 16.7 Å². The third-order valence-electron chi connectivity index (χ3n) is 6.31. The summed E-state index contributed by atoms with van der Waals surface area (Å²) in [5.74, 6) is -0.232. The van der Waals surface area contributed by atoms with Gasteiger partial charge in [-0.15, -0.1) is 0 Å². The van der Waals surface area contributed by atoms with Crippen molar-refractivity contribution in [2.75, 3.05) is 24.2 Å². The number of hydrogen-bond acceptors (Lipinski definition) is 5. The summed E-state index contributed by atoms with van der Waals surface area (Å²) < 4.78 is 18.4. The second-order valence-corrected chi connectivity index (χ2v) is 10.5. The average Bonchev–Trinajstić information content (AvgIpc) is 3.63. The molecule has 0 bridgehead atoms. The number of benzene rings is 2. The number of anilines is 2. The minimum absolute atomic E-state index is 0.177. The molecular formula is C26H25FIN5O3. The van der Waals surface area contributed by atoms with E-state index in [2.05, 4.69) is 10.6 Å². The van der Waals surface area contributed by atoms with Gasteiger partial charge in [0.2, 0.25) is 5.91 Å². The minimum atomic E-state index is -0.436. The summed E-state index contributed by atoms with van der Waals surface area (Å²) in [6.07, 6.45) is 1.49. The van der Waals surface area contributed by atoms with E-state index < -0.39 is 17.1 Å². The van der Waals surface area contributed by atoms with Crippen molar-refractivity contribution < 1.29 is 9.18 Å². The molecule has 2 aliphatic rings. The first-order valence-corrected chi connectivity index (χ1v) is 12.7. The molecule has 36 heavy (non-hydrogen) atoms. The van der Waals surface area contributed by atoms with Gasteiger partial charge in [-0.05, 0) is 84.3 Å². The molecule has 8 nitrogen and oxygen atoms in total. The molecular weight excluding hydrogens is 576 g/mol. The van der Waals surface area contributed by atoms with Crippen LogP contribution in [0.3, 0.4) is 0 Å². The standard InChI is InChI=1S/C26H25FIN5O3/c1-14-13-31(3)24(30-21-10-7-16(28)11-20(21)27)22-23(14)32(26(36)33(25(22)35)18-8-9-18)19-6-4-5-17(12-19)29-15(2)34/h4-7,10-12,18,30H,8-9,13H2,1-3H3,(H,29,34). The number of aromatic nitrogens is 2. The first-order valence-electron chi connectivity index (χ1n) is 11.6. The number of halogens is 2. The summed E-state index contributed by atoms with van der Waals surface area (Å²) in [6.45, 7) is 3.73. The topological polar surface area (TPSA) is 88.4 Å². The fourth-order valence-corrected chi connectivity index (χ4v) is 5.09. The lowest BCUT2D eigenvalue weighted by Gasteiger charge is -2.29. The zero-order chi connectivity index (χ0) is 25.7. The van der Waals surface area contributed by atoms with Crippen LogP contribution < -0.4 is 32.5 Å². The summed E-state index contributed by atoms with van der Waals surface area (Å²) in [5.41, 5.74) is 1.31. The van der Waals surface area contributed by atoms with Gasteiger partial charge in [-0.2, -0.15) is 0 Å². The lowest BCUT2D eigenvalue weighted by atomic mass is 10.1. The summed E-state index contributed by atoms with van der Waals surface area (Å²) in [6, 6.07) is 11.6. The third kappa shape index (κ3) is 4.34. The molecule has 0 saturated heterocycles. The van der Waals surface area contributed by atoms with Crippen LogP contribution in [-0.4, -0.2) is 33.5 Å². The zero-order valence-electron chi connectivity index (χ0n) is 20.1. The highest BCUT2D eigenvalue weighted by molar-refractivity contribution is 14.1. The Labute approximate surface area is 219 Å². The van der Waals surface area contributed by atoms with Crippen molar-refractivity contribution in [2.24, 2.45) is 0 Å². The second kappa shape index (κ2) is 9.23. The van der Waals surface area contributed by atoms with Gasteiger partial charge in [0.25, 0.3) is 5.56 Å². The van der Waals surface area contributed by atoms with E-state index in [0.717, 1.165) is 22.0 Å². The van der Waals surface area contributed by atoms with E-state index in [4.69, 9.17) is 0 Å². The van der Waals surface area contributed by atoms with Gasteiger partial charge in [-0.25, -0.2) is 9.18 Å². The number of carbonyl (C=O) groups excluding carboxylic acids is 1. The van der Waals surface area contributed by atoms with Gasteiger partial charge in [0.1, 0.15) is 16.9 Å². The van der Waals surface area contributed by atoms with Crippen molar-refractivity contribution in [1.29, 1.82) is 0 Å². The molecule has 0 radical (unpaired) electrons. The van der Waals surface area contributed by atoms with Gasteiger partial charge in [0.15, 0.2) is 0 Å². The van der Waals surface area contributed by atoms with E-state index in [9.17, 15) is 18.8 Å². The lowest BCUT2D eigenvalue weighted by molar-refractivity contribution is -0.114. The lowest BCUT2D eigenvalue weighted by Crippen LogP contribution is -2.62. The molecule has 2 heterocycles. The summed E-state index contributed by atoms with van der Waals surface area (Å²) in [5, 5.41) is 6.67. The number of nitrogens with one attached hydrogen (secondary N) is 2. The van der Waals surface area contributed by atoms with Gasteiger partial charge in [0, 0.05) is 35.8 Å². The monoisotopic (exact) mass is 601 g/mol. The highest BCUT2D eigenvalue weighted by atomic mass is 127. The molecule has 0 spiro atoms. The smallest absolute Gasteiger partial charge is 0.336 e. The quantitative estimate of drug-likeness (QED) is 0.439. The number of hydrogen-bond donors (Lipinski definition) is 2. The van der Waals surface area contributed by atoms with Crippen molar-refractivity contribution in [3.05, 3.63) is 83.3 Å². The third-order valence-corrected chi connectivity index (χ3v) is 6.98. The SMILES string of the molecule is CC(=O)Nc1cccc(-n2c3c(c(=O)n(C4CC4)c2=O)=C(Nc2ccc(I)cc2F)N(C)CC=3C)c1. The Balaban J connectivity index is 1.87.